The number of nitrogens with one attached hydrogen (secondary N) is 1. The first kappa shape index (κ1) is 16.8. The van der Waals surface area contributed by atoms with Crippen LogP contribution >= 0.6 is 0 Å². The fourth-order valence-corrected chi connectivity index (χ4v) is 1.53. The predicted octanol–water partition coefficient (Wildman–Crippen LogP) is -1.28. The number of aryl methyl sites for hydroxylation is 1. The molecule has 0 fully saturated rings. The molecule has 1 heterocycles. The van der Waals surface area contributed by atoms with E-state index in [2.05, 4.69) is 15.6 Å². The minimum atomic E-state index is -1.11. The molecule has 4 N–H and O–H groups in total. The molecule has 1 atom stereocenters. The summed E-state index contributed by atoms with van der Waals surface area (Å²) >= 11 is 0. The van der Waals surface area contributed by atoms with Gasteiger partial charge >= 0.3 is 5.97 Å². The van der Waals surface area contributed by atoms with Gasteiger partial charge in [-0.15, -0.1) is 5.10 Å². The van der Waals surface area contributed by atoms with Gasteiger partial charge in [0, 0.05) is 32.0 Å². The van der Waals surface area contributed by atoms with Gasteiger partial charge in [-0.2, -0.15) is 0 Å². The highest BCUT2D eigenvalue weighted by Gasteiger charge is 2.13. The smallest absolute Gasteiger partial charge is 0.322 e. The molecule has 1 unspecified atom stereocenters. The highest BCUT2D eigenvalue weighted by Crippen LogP contribution is 1.99. The van der Waals surface area contributed by atoms with Gasteiger partial charge in [-0.25, -0.2) is 0 Å². The highest BCUT2D eigenvalue weighted by atomic mass is 16.4. The minimum Gasteiger partial charge on any atom is -0.480 e. The van der Waals surface area contributed by atoms with Crippen LogP contribution in [0.2, 0.25) is 0 Å². The number of amides is 1. The second kappa shape index (κ2) is 8.10. The summed E-state index contributed by atoms with van der Waals surface area (Å²) in [4.78, 5) is 32.8. The number of rotatable bonds is 9. The van der Waals surface area contributed by atoms with Gasteiger partial charge in [0.2, 0.25) is 5.91 Å². The number of nitrogens with two attached hydrogens (primary N) is 1. The Morgan fingerprint density at radius 2 is 2.14 bits per heavy atom. The topological polar surface area (TPSA) is 140 Å². The average Bonchev–Trinajstić information content (AvgIpc) is 2.83. The molecule has 9 heteroatoms. The van der Waals surface area contributed by atoms with E-state index in [9.17, 15) is 14.4 Å². The largest absolute Gasteiger partial charge is 0.480 e. The van der Waals surface area contributed by atoms with Crippen LogP contribution in [0, 0.1) is 0 Å². The molecule has 1 rings (SSSR count). The Kier molecular flexibility index (Phi) is 6.47. The molecule has 0 radical (unpaired) electrons. The molecule has 1 amide bonds. The summed E-state index contributed by atoms with van der Waals surface area (Å²) in [6.45, 7) is 1.81. The van der Waals surface area contributed by atoms with E-state index in [1.165, 1.54) is 11.6 Å². The number of Topliss-reactive ketones (excluding diaryl/α,β-unsaturated/α-hetero) is 1. The fraction of sp³-hybridized carbons (Fsp3) is 0.583. The Morgan fingerprint density at radius 3 is 2.76 bits per heavy atom. The second-order valence-electron chi connectivity index (χ2n) is 4.68. The Hall–Kier alpha value is -2.29. The van der Waals surface area contributed by atoms with Crippen LogP contribution in [-0.2, 0) is 27.3 Å². The third kappa shape index (κ3) is 6.61. The van der Waals surface area contributed by atoms with Crippen molar-refractivity contribution in [2.24, 2.45) is 5.73 Å². The summed E-state index contributed by atoms with van der Waals surface area (Å²) in [6, 6.07) is -1.05. The third-order valence-corrected chi connectivity index (χ3v) is 2.69. The number of carbonyl (C=O) groups is 3. The lowest BCUT2D eigenvalue weighted by molar-refractivity contribution is -0.139. The lowest BCUT2D eigenvalue weighted by Crippen LogP contribution is -2.34. The number of aliphatic carboxylic acids is 1. The van der Waals surface area contributed by atoms with Gasteiger partial charge in [-0.1, -0.05) is 5.21 Å². The molecule has 1 aromatic heterocycles. The zero-order valence-corrected chi connectivity index (χ0v) is 11.8. The predicted molar refractivity (Wildman–Crippen MR) is 72.3 cm³/mol. The van der Waals surface area contributed by atoms with Crippen molar-refractivity contribution < 1.29 is 19.5 Å². The van der Waals surface area contributed by atoms with E-state index in [0.29, 0.717) is 25.1 Å². The number of carbonyl (C=O) groups excluding carboxylic acids is 2. The maximum Gasteiger partial charge on any atom is 0.322 e. The molecular weight excluding hydrogens is 278 g/mol. The lowest BCUT2D eigenvalue weighted by Gasteiger charge is -2.04. The van der Waals surface area contributed by atoms with Gasteiger partial charge in [-0.05, 0) is 6.92 Å². The van der Waals surface area contributed by atoms with E-state index in [0.717, 1.165) is 0 Å². The molecule has 0 aliphatic rings. The molecule has 0 aliphatic heterocycles. The summed E-state index contributed by atoms with van der Waals surface area (Å²) < 4.78 is 1.34. The first-order valence-corrected chi connectivity index (χ1v) is 6.52. The molecule has 116 valence electrons. The normalized spacial score (nSPS) is 11.9. The number of carboxylic acids is 1. The monoisotopic (exact) mass is 297 g/mol. The zero-order chi connectivity index (χ0) is 15.8. The van der Waals surface area contributed by atoms with Gasteiger partial charge in [0.05, 0.1) is 12.2 Å². The molecule has 0 saturated heterocycles. The molecule has 0 saturated carbocycles. The van der Waals surface area contributed by atoms with Crippen molar-refractivity contribution in [2.75, 3.05) is 6.54 Å². The number of carboxylic acid groups (broad SMARTS) is 1. The van der Waals surface area contributed by atoms with E-state index in [1.54, 1.807) is 6.20 Å². The van der Waals surface area contributed by atoms with Crippen LogP contribution in [0.15, 0.2) is 6.20 Å². The van der Waals surface area contributed by atoms with Crippen molar-refractivity contribution >= 4 is 17.7 Å². The molecular formula is C12H19N5O4. The maximum atomic E-state index is 11.5. The molecule has 9 nitrogen and oxygen atoms in total. The minimum absolute atomic E-state index is 0.0210. The van der Waals surface area contributed by atoms with Crippen LogP contribution < -0.4 is 11.1 Å². The zero-order valence-electron chi connectivity index (χ0n) is 11.8. The van der Waals surface area contributed by atoms with Gasteiger partial charge in [0.1, 0.15) is 11.8 Å². The van der Waals surface area contributed by atoms with Crippen LogP contribution in [0.3, 0.4) is 0 Å². The van der Waals surface area contributed by atoms with E-state index in [-0.39, 0.29) is 24.7 Å². The van der Waals surface area contributed by atoms with Crippen molar-refractivity contribution in [2.45, 2.75) is 38.8 Å². The molecule has 1 aromatic rings. The Labute approximate surface area is 121 Å². The molecule has 0 aliphatic carbocycles. The summed E-state index contributed by atoms with van der Waals surface area (Å²) in [5, 5.41) is 18.9. The third-order valence-electron chi connectivity index (χ3n) is 2.69. The van der Waals surface area contributed by atoms with Gasteiger partial charge in [-0.3, -0.25) is 19.1 Å². The Bertz CT molecular complexity index is 514. The summed E-state index contributed by atoms with van der Waals surface area (Å²) in [5.41, 5.74) is 5.96. The number of ketones is 1. The average molecular weight is 297 g/mol. The SMILES string of the molecule is CC(=O)CCNC(=O)CCc1cn(CC(N)C(=O)O)nn1. The maximum absolute atomic E-state index is 11.5. The second-order valence-corrected chi connectivity index (χ2v) is 4.68. The van der Waals surface area contributed by atoms with Gasteiger partial charge < -0.3 is 16.2 Å². The Balaban J connectivity index is 2.32. The summed E-state index contributed by atoms with van der Waals surface area (Å²) in [6.07, 6.45) is 2.48. The van der Waals surface area contributed by atoms with Crippen molar-refractivity contribution in [3.8, 4) is 0 Å². The first-order valence-electron chi connectivity index (χ1n) is 6.52. The van der Waals surface area contributed by atoms with E-state index < -0.39 is 12.0 Å². The first-order chi connectivity index (χ1) is 9.88. The number of aromatic nitrogens is 3. The molecule has 0 bridgehead atoms. The number of hydrogen-bond acceptors (Lipinski definition) is 6. The van der Waals surface area contributed by atoms with Crippen molar-refractivity contribution in [1.29, 1.82) is 0 Å². The molecule has 0 spiro atoms. The Morgan fingerprint density at radius 1 is 1.43 bits per heavy atom. The van der Waals surface area contributed by atoms with Crippen LogP contribution in [0.25, 0.3) is 0 Å². The number of nitrogens with zero attached hydrogens (tertiary/aromatic N) is 3. The summed E-state index contributed by atoms with van der Waals surface area (Å²) in [5.74, 6) is -1.27. The van der Waals surface area contributed by atoms with E-state index in [1.807, 2.05) is 0 Å². The summed E-state index contributed by atoms with van der Waals surface area (Å²) in [7, 11) is 0. The lowest BCUT2D eigenvalue weighted by atomic mass is 10.2. The standard InChI is InChI=1S/C12H19N5O4/c1-8(18)4-5-14-11(19)3-2-9-6-17(16-15-9)7-10(13)12(20)21/h6,10H,2-5,7,13H2,1H3,(H,14,19)(H,20,21). The van der Waals surface area contributed by atoms with Crippen molar-refractivity contribution in [3.05, 3.63) is 11.9 Å². The van der Waals surface area contributed by atoms with Gasteiger partial charge in [0.15, 0.2) is 0 Å². The van der Waals surface area contributed by atoms with E-state index >= 15 is 0 Å². The van der Waals surface area contributed by atoms with Crippen molar-refractivity contribution in [3.63, 3.8) is 0 Å². The number of hydrogen-bond donors (Lipinski definition) is 3. The molecule has 0 aromatic carbocycles. The van der Waals surface area contributed by atoms with E-state index in [4.69, 9.17) is 10.8 Å². The fourth-order valence-electron chi connectivity index (χ4n) is 1.53. The van der Waals surface area contributed by atoms with Crippen molar-refractivity contribution in [1.82, 2.24) is 20.3 Å². The molecule has 21 heavy (non-hydrogen) atoms. The van der Waals surface area contributed by atoms with Crippen LogP contribution in [-0.4, -0.2) is 50.3 Å². The van der Waals surface area contributed by atoms with Crippen LogP contribution in [0.5, 0.6) is 0 Å². The highest BCUT2D eigenvalue weighted by molar-refractivity contribution is 5.78. The van der Waals surface area contributed by atoms with Gasteiger partial charge in [0.25, 0.3) is 0 Å². The van der Waals surface area contributed by atoms with Crippen LogP contribution in [0.1, 0.15) is 25.5 Å². The van der Waals surface area contributed by atoms with Crippen LogP contribution in [0.4, 0.5) is 0 Å². The quantitative estimate of drug-likeness (QED) is 0.515.